The molecule has 0 spiro atoms. The lowest BCUT2D eigenvalue weighted by Crippen LogP contribution is -2.27. The number of nitrogens with zero attached hydrogens (tertiary/aromatic N) is 1. The highest BCUT2D eigenvalue weighted by Gasteiger charge is 2.14. The molecule has 0 saturated heterocycles. The zero-order chi connectivity index (χ0) is 20.7. The van der Waals surface area contributed by atoms with Crippen molar-refractivity contribution in [3.63, 3.8) is 0 Å². The highest BCUT2D eigenvalue weighted by Crippen LogP contribution is 2.37. The molecule has 0 fully saturated rings. The van der Waals surface area contributed by atoms with Crippen LogP contribution in [-0.4, -0.2) is 43.9 Å². The average Bonchev–Trinajstić information content (AvgIpc) is 2.66. The Balaban J connectivity index is 2.22. The molecule has 1 amide bonds. The van der Waals surface area contributed by atoms with Gasteiger partial charge in [-0.05, 0) is 53.5 Å². The molecule has 2 aromatic rings. The summed E-state index contributed by atoms with van der Waals surface area (Å²) in [5.41, 5.74) is 2.52. The summed E-state index contributed by atoms with van der Waals surface area (Å²) in [4.78, 5) is 25.6. The SMILES string of the molecule is CCOc1cc(/C=C/C(=O)c2ccc(C)cc2)cc(Br)c1OCC(=O)N(C)C. The molecule has 28 heavy (non-hydrogen) atoms. The molecule has 0 N–H and O–H groups in total. The van der Waals surface area contributed by atoms with Crippen molar-refractivity contribution in [1.29, 1.82) is 0 Å². The smallest absolute Gasteiger partial charge is 0.259 e. The second kappa shape index (κ2) is 10.1. The number of benzene rings is 2. The summed E-state index contributed by atoms with van der Waals surface area (Å²) in [6, 6.07) is 11.0. The number of hydrogen-bond acceptors (Lipinski definition) is 4. The Morgan fingerprint density at radius 1 is 1.11 bits per heavy atom. The first-order valence-corrected chi connectivity index (χ1v) is 9.69. The maximum Gasteiger partial charge on any atom is 0.259 e. The molecule has 0 aromatic heterocycles. The van der Waals surface area contributed by atoms with Gasteiger partial charge in [0.05, 0.1) is 11.1 Å². The molecular weight excluding hydrogens is 422 g/mol. The third-order valence-electron chi connectivity index (χ3n) is 3.93. The normalized spacial score (nSPS) is 10.8. The quantitative estimate of drug-likeness (QED) is 0.442. The highest BCUT2D eigenvalue weighted by molar-refractivity contribution is 9.10. The molecule has 0 radical (unpaired) electrons. The summed E-state index contributed by atoms with van der Waals surface area (Å²) in [5, 5.41) is 0. The molecule has 0 bridgehead atoms. The minimum absolute atomic E-state index is 0.0778. The van der Waals surface area contributed by atoms with Crippen LogP contribution in [0.25, 0.3) is 6.08 Å². The van der Waals surface area contributed by atoms with Gasteiger partial charge in [-0.15, -0.1) is 0 Å². The molecule has 0 aliphatic rings. The maximum atomic E-state index is 12.3. The van der Waals surface area contributed by atoms with Crippen molar-refractivity contribution >= 4 is 33.7 Å². The molecule has 0 aliphatic heterocycles. The minimum atomic E-state index is -0.151. The monoisotopic (exact) mass is 445 g/mol. The van der Waals surface area contributed by atoms with Crippen LogP contribution >= 0.6 is 15.9 Å². The molecule has 148 valence electrons. The lowest BCUT2D eigenvalue weighted by atomic mass is 10.1. The maximum absolute atomic E-state index is 12.3. The summed E-state index contributed by atoms with van der Waals surface area (Å²) in [7, 11) is 3.34. The van der Waals surface area contributed by atoms with E-state index in [2.05, 4.69) is 15.9 Å². The van der Waals surface area contributed by atoms with Gasteiger partial charge in [-0.25, -0.2) is 0 Å². The van der Waals surface area contributed by atoms with Crippen LogP contribution in [0.1, 0.15) is 28.4 Å². The van der Waals surface area contributed by atoms with E-state index in [1.54, 1.807) is 26.2 Å². The summed E-state index contributed by atoms with van der Waals surface area (Å²) in [5.74, 6) is 0.734. The molecule has 2 aromatic carbocycles. The van der Waals surface area contributed by atoms with E-state index in [4.69, 9.17) is 9.47 Å². The summed E-state index contributed by atoms with van der Waals surface area (Å²) < 4.78 is 12.0. The van der Waals surface area contributed by atoms with Crippen LogP contribution in [0, 0.1) is 6.92 Å². The van der Waals surface area contributed by atoms with E-state index in [-0.39, 0.29) is 18.3 Å². The predicted molar refractivity (Wildman–Crippen MR) is 114 cm³/mol. The number of carbonyl (C=O) groups is 2. The van der Waals surface area contributed by atoms with Gasteiger partial charge >= 0.3 is 0 Å². The molecule has 0 saturated carbocycles. The van der Waals surface area contributed by atoms with Gasteiger partial charge in [0, 0.05) is 19.7 Å². The number of hydrogen-bond donors (Lipinski definition) is 0. The van der Waals surface area contributed by atoms with Gasteiger partial charge in [-0.1, -0.05) is 35.9 Å². The lowest BCUT2D eigenvalue weighted by molar-refractivity contribution is -0.130. The van der Waals surface area contributed by atoms with Crippen molar-refractivity contribution < 1.29 is 19.1 Å². The Morgan fingerprint density at radius 3 is 2.39 bits per heavy atom. The van der Waals surface area contributed by atoms with Crippen LogP contribution in [-0.2, 0) is 4.79 Å². The van der Waals surface area contributed by atoms with Crippen LogP contribution in [0.3, 0.4) is 0 Å². The summed E-state index contributed by atoms with van der Waals surface area (Å²) >= 11 is 3.47. The van der Waals surface area contributed by atoms with Gasteiger partial charge in [-0.2, -0.15) is 0 Å². The number of aryl methyl sites for hydroxylation is 1. The molecule has 6 heteroatoms. The van der Waals surface area contributed by atoms with Crippen molar-refractivity contribution in [2.24, 2.45) is 0 Å². The van der Waals surface area contributed by atoms with Crippen LogP contribution in [0.5, 0.6) is 11.5 Å². The number of ether oxygens (including phenoxy) is 2. The topological polar surface area (TPSA) is 55.8 Å². The first kappa shape index (κ1) is 21.7. The number of allylic oxidation sites excluding steroid dienone is 1. The number of halogens is 1. The van der Waals surface area contributed by atoms with Crippen LogP contribution in [0.4, 0.5) is 0 Å². The number of amides is 1. The minimum Gasteiger partial charge on any atom is -0.490 e. The van der Waals surface area contributed by atoms with Crippen molar-refractivity contribution in [3.05, 3.63) is 63.6 Å². The van der Waals surface area contributed by atoms with Gasteiger partial charge in [-0.3, -0.25) is 9.59 Å². The fourth-order valence-corrected chi connectivity index (χ4v) is 2.91. The molecular formula is C22H24BrNO4. The predicted octanol–water partition coefficient (Wildman–Crippen LogP) is 4.52. The molecule has 0 unspecified atom stereocenters. The van der Waals surface area contributed by atoms with Gasteiger partial charge in [0.25, 0.3) is 5.91 Å². The van der Waals surface area contributed by atoms with Crippen molar-refractivity contribution in [2.45, 2.75) is 13.8 Å². The molecule has 5 nitrogen and oxygen atoms in total. The molecule has 0 heterocycles. The van der Waals surface area contributed by atoms with E-state index in [1.165, 1.54) is 11.0 Å². The van der Waals surface area contributed by atoms with E-state index in [1.807, 2.05) is 44.2 Å². The first-order chi connectivity index (χ1) is 13.3. The second-order valence-electron chi connectivity index (χ2n) is 6.40. The Morgan fingerprint density at radius 2 is 1.79 bits per heavy atom. The number of likely N-dealkylation sites (N-methyl/N-ethyl adjacent to an activating group) is 1. The zero-order valence-corrected chi connectivity index (χ0v) is 18.1. The second-order valence-corrected chi connectivity index (χ2v) is 7.26. The largest absolute Gasteiger partial charge is 0.490 e. The Hall–Kier alpha value is -2.60. The van der Waals surface area contributed by atoms with Crippen molar-refractivity contribution in [2.75, 3.05) is 27.3 Å². The van der Waals surface area contributed by atoms with Gasteiger partial charge in [0.2, 0.25) is 0 Å². The molecule has 0 aliphatic carbocycles. The van der Waals surface area contributed by atoms with Gasteiger partial charge in [0.1, 0.15) is 0 Å². The standard InChI is InChI=1S/C22H24BrNO4/c1-5-27-20-13-16(8-11-19(25)17-9-6-15(2)7-10-17)12-18(23)22(20)28-14-21(26)24(3)4/h6-13H,5,14H2,1-4H3/b11-8+. The Kier molecular flexibility index (Phi) is 7.81. The fraction of sp³-hybridized carbons (Fsp3) is 0.273. The van der Waals surface area contributed by atoms with Crippen molar-refractivity contribution in [3.8, 4) is 11.5 Å². The van der Waals surface area contributed by atoms with E-state index in [9.17, 15) is 9.59 Å². The van der Waals surface area contributed by atoms with E-state index in [0.717, 1.165) is 11.1 Å². The fourth-order valence-electron chi connectivity index (χ4n) is 2.34. The third-order valence-corrected chi connectivity index (χ3v) is 4.52. The summed E-state index contributed by atoms with van der Waals surface area (Å²) in [6.07, 6.45) is 3.25. The number of rotatable bonds is 8. The summed E-state index contributed by atoms with van der Waals surface area (Å²) in [6.45, 7) is 4.20. The highest BCUT2D eigenvalue weighted by atomic mass is 79.9. The third kappa shape index (κ3) is 5.96. The van der Waals surface area contributed by atoms with Crippen LogP contribution in [0.15, 0.2) is 46.9 Å². The van der Waals surface area contributed by atoms with E-state index < -0.39 is 0 Å². The average molecular weight is 446 g/mol. The van der Waals surface area contributed by atoms with E-state index >= 15 is 0 Å². The van der Waals surface area contributed by atoms with E-state index in [0.29, 0.717) is 28.1 Å². The van der Waals surface area contributed by atoms with Gasteiger partial charge in [0.15, 0.2) is 23.9 Å². The first-order valence-electron chi connectivity index (χ1n) is 8.90. The molecule has 0 atom stereocenters. The number of carbonyl (C=O) groups excluding carboxylic acids is 2. The molecule has 2 rings (SSSR count). The van der Waals surface area contributed by atoms with Crippen molar-refractivity contribution in [1.82, 2.24) is 4.90 Å². The van der Waals surface area contributed by atoms with Crippen LogP contribution in [0.2, 0.25) is 0 Å². The van der Waals surface area contributed by atoms with Gasteiger partial charge < -0.3 is 14.4 Å². The zero-order valence-electron chi connectivity index (χ0n) is 16.5. The Labute approximate surface area is 174 Å². The van der Waals surface area contributed by atoms with Crippen LogP contribution < -0.4 is 9.47 Å². The number of ketones is 1. The lowest BCUT2D eigenvalue weighted by Gasteiger charge is -2.16. The Bertz CT molecular complexity index is 873.